The summed E-state index contributed by atoms with van der Waals surface area (Å²) in [5.41, 5.74) is 1.94. The maximum Gasteiger partial charge on any atom is 0.234 e. The van der Waals surface area contributed by atoms with Crippen LogP contribution in [0.1, 0.15) is 0 Å². The number of halogens is 2. The topological polar surface area (TPSA) is 76.2 Å². The zero-order valence-corrected chi connectivity index (χ0v) is 16.3. The van der Waals surface area contributed by atoms with Crippen LogP contribution >= 0.6 is 35.0 Å². The lowest BCUT2D eigenvalue weighted by Gasteiger charge is -2.09. The van der Waals surface area contributed by atoms with E-state index in [1.54, 1.807) is 44.6 Å². The molecule has 2 aromatic carbocycles. The smallest absolute Gasteiger partial charge is 0.234 e. The lowest BCUT2D eigenvalue weighted by molar-refractivity contribution is -0.113. The highest BCUT2D eigenvalue weighted by atomic mass is 35.5. The molecule has 0 bridgehead atoms. The van der Waals surface area contributed by atoms with Crippen LogP contribution in [-0.2, 0) is 4.79 Å². The number of H-pyrrole nitrogens is 1. The van der Waals surface area contributed by atoms with Gasteiger partial charge in [-0.25, -0.2) is 4.98 Å². The Hall–Kier alpha value is -2.09. The molecule has 0 saturated carbocycles. The molecular formula is C17H15Cl2N3O3S. The Morgan fingerprint density at radius 1 is 1.15 bits per heavy atom. The minimum atomic E-state index is -0.185. The molecule has 3 aromatic rings. The van der Waals surface area contributed by atoms with Crippen LogP contribution in [0.5, 0.6) is 11.5 Å². The third-order valence-corrected chi connectivity index (χ3v) is 4.84. The third kappa shape index (κ3) is 4.35. The number of aromatic amines is 1. The van der Waals surface area contributed by atoms with E-state index in [-0.39, 0.29) is 11.7 Å². The number of nitrogens with one attached hydrogen (secondary N) is 2. The summed E-state index contributed by atoms with van der Waals surface area (Å²) in [6.07, 6.45) is 0. The number of hydrogen-bond acceptors (Lipinski definition) is 5. The monoisotopic (exact) mass is 411 g/mol. The van der Waals surface area contributed by atoms with Crippen LogP contribution in [0.25, 0.3) is 11.0 Å². The summed E-state index contributed by atoms with van der Waals surface area (Å²) in [5.74, 6) is 1.17. The molecule has 136 valence electrons. The highest BCUT2D eigenvalue weighted by molar-refractivity contribution is 7.99. The third-order valence-electron chi connectivity index (χ3n) is 3.46. The largest absolute Gasteiger partial charge is 0.497 e. The van der Waals surface area contributed by atoms with Gasteiger partial charge in [-0.15, -0.1) is 0 Å². The molecule has 0 spiro atoms. The number of nitrogens with zero attached hydrogens (tertiary/aromatic N) is 1. The fraction of sp³-hybridized carbons (Fsp3) is 0.176. The van der Waals surface area contributed by atoms with Gasteiger partial charge in [-0.1, -0.05) is 35.0 Å². The van der Waals surface area contributed by atoms with Crippen LogP contribution in [0.2, 0.25) is 10.0 Å². The number of anilines is 1. The van der Waals surface area contributed by atoms with Crippen LogP contribution in [0.15, 0.2) is 35.5 Å². The first-order valence-electron chi connectivity index (χ1n) is 7.49. The number of ether oxygens (including phenoxy) is 2. The lowest BCUT2D eigenvalue weighted by atomic mass is 10.2. The highest BCUT2D eigenvalue weighted by Crippen LogP contribution is 2.29. The molecule has 3 rings (SSSR count). The molecule has 2 N–H and O–H groups in total. The molecule has 0 aliphatic carbocycles. The van der Waals surface area contributed by atoms with E-state index < -0.39 is 0 Å². The van der Waals surface area contributed by atoms with Crippen molar-refractivity contribution in [2.24, 2.45) is 0 Å². The number of imidazole rings is 1. The Balaban J connectivity index is 1.67. The Morgan fingerprint density at radius 3 is 2.50 bits per heavy atom. The van der Waals surface area contributed by atoms with E-state index in [0.29, 0.717) is 37.9 Å². The molecule has 0 radical (unpaired) electrons. The SMILES string of the molecule is COc1cc(NC(=O)CSc2nc3c(Cl)cc(Cl)cc3[nH]2)cc(OC)c1. The number of hydrogen-bond donors (Lipinski definition) is 2. The first-order valence-corrected chi connectivity index (χ1v) is 9.23. The van der Waals surface area contributed by atoms with Crippen LogP contribution in [0.4, 0.5) is 5.69 Å². The van der Waals surface area contributed by atoms with Gasteiger partial charge in [0.25, 0.3) is 0 Å². The van der Waals surface area contributed by atoms with Crippen molar-refractivity contribution in [1.82, 2.24) is 9.97 Å². The molecule has 0 aliphatic rings. The van der Waals surface area contributed by atoms with Crippen molar-refractivity contribution in [2.75, 3.05) is 25.3 Å². The molecular weight excluding hydrogens is 397 g/mol. The molecule has 26 heavy (non-hydrogen) atoms. The van der Waals surface area contributed by atoms with Gasteiger partial charge in [0.05, 0.1) is 30.5 Å². The van der Waals surface area contributed by atoms with Gasteiger partial charge >= 0.3 is 0 Å². The molecule has 0 atom stereocenters. The van der Waals surface area contributed by atoms with Crippen molar-refractivity contribution in [3.05, 3.63) is 40.4 Å². The number of aromatic nitrogens is 2. The van der Waals surface area contributed by atoms with Gasteiger partial charge in [-0.05, 0) is 12.1 Å². The first kappa shape index (κ1) is 18.7. The number of methoxy groups -OCH3 is 2. The highest BCUT2D eigenvalue weighted by Gasteiger charge is 2.11. The molecule has 0 fully saturated rings. The zero-order chi connectivity index (χ0) is 18.7. The Labute approximate surface area is 164 Å². The molecule has 1 heterocycles. The minimum absolute atomic E-state index is 0.171. The van der Waals surface area contributed by atoms with Gasteiger partial charge in [0, 0.05) is 28.9 Å². The zero-order valence-electron chi connectivity index (χ0n) is 13.9. The fourth-order valence-electron chi connectivity index (χ4n) is 2.30. The van der Waals surface area contributed by atoms with Crippen molar-refractivity contribution >= 4 is 57.6 Å². The number of carbonyl (C=O) groups excluding carboxylic acids is 1. The fourth-order valence-corrected chi connectivity index (χ4v) is 3.51. The average Bonchev–Trinajstić information content (AvgIpc) is 3.02. The summed E-state index contributed by atoms with van der Waals surface area (Å²) in [6.45, 7) is 0. The number of benzene rings is 2. The second-order valence-corrected chi connectivity index (χ2v) is 7.07. The van der Waals surface area contributed by atoms with Gasteiger partial charge in [0.1, 0.15) is 17.0 Å². The van der Waals surface area contributed by atoms with Crippen molar-refractivity contribution in [3.63, 3.8) is 0 Å². The standard InChI is InChI=1S/C17H15Cl2N3O3S/c1-24-11-5-10(6-12(7-11)25-2)20-15(23)8-26-17-21-14-4-9(18)3-13(19)16(14)22-17/h3-7H,8H2,1-2H3,(H,20,23)(H,21,22). The molecule has 9 heteroatoms. The van der Waals surface area contributed by atoms with Crippen molar-refractivity contribution < 1.29 is 14.3 Å². The quantitative estimate of drug-likeness (QED) is 0.578. The second-order valence-electron chi connectivity index (χ2n) is 5.26. The van der Waals surface area contributed by atoms with Crippen LogP contribution in [0, 0.1) is 0 Å². The summed E-state index contributed by atoms with van der Waals surface area (Å²) in [4.78, 5) is 19.7. The van der Waals surface area contributed by atoms with E-state index in [4.69, 9.17) is 32.7 Å². The lowest BCUT2D eigenvalue weighted by Crippen LogP contribution is -2.14. The van der Waals surface area contributed by atoms with E-state index in [2.05, 4.69) is 15.3 Å². The molecule has 0 unspecified atom stereocenters. The summed E-state index contributed by atoms with van der Waals surface area (Å²) >= 11 is 13.4. The van der Waals surface area contributed by atoms with Gasteiger partial charge in [-0.3, -0.25) is 4.79 Å². The van der Waals surface area contributed by atoms with Gasteiger partial charge < -0.3 is 19.8 Å². The maximum absolute atomic E-state index is 12.2. The maximum atomic E-state index is 12.2. The normalized spacial score (nSPS) is 10.8. The number of thioether (sulfide) groups is 1. The summed E-state index contributed by atoms with van der Waals surface area (Å²) in [5, 5.41) is 4.38. The summed E-state index contributed by atoms with van der Waals surface area (Å²) < 4.78 is 10.4. The number of fused-ring (bicyclic) bond motifs is 1. The van der Waals surface area contributed by atoms with Crippen LogP contribution in [0.3, 0.4) is 0 Å². The number of rotatable bonds is 6. The van der Waals surface area contributed by atoms with Gasteiger partial charge in [0.2, 0.25) is 5.91 Å². The minimum Gasteiger partial charge on any atom is -0.497 e. The number of carbonyl (C=O) groups is 1. The van der Waals surface area contributed by atoms with Crippen molar-refractivity contribution in [3.8, 4) is 11.5 Å². The van der Waals surface area contributed by atoms with E-state index in [9.17, 15) is 4.79 Å². The predicted octanol–water partition coefficient (Wildman–Crippen LogP) is 4.62. The van der Waals surface area contributed by atoms with Crippen LogP contribution in [-0.4, -0.2) is 35.8 Å². The van der Waals surface area contributed by atoms with Gasteiger partial charge in [0.15, 0.2) is 5.16 Å². The van der Waals surface area contributed by atoms with Crippen LogP contribution < -0.4 is 14.8 Å². The Kier molecular flexibility index (Phi) is 5.80. The Morgan fingerprint density at radius 2 is 1.85 bits per heavy atom. The molecule has 1 aromatic heterocycles. The molecule has 1 amide bonds. The summed E-state index contributed by atoms with van der Waals surface area (Å²) in [7, 11) is 3.10. The van der Waals surface area contributed by atoms with Gasteiger partial charge in [-0.2, -0.15) is 0 Å². The first-order chi connectivity index (χ1) is 12.5. The molecule has 0 aliphatic heterocycles. The second kappa shape index (κ2) is 8.07. The Bertz CT molecular complexity index is 940. The van der Waals surface area contributed by atoms with E-state index in [1.807, 2.05) is 0 Å². The van der Waals surface area contributed by atoms with Crippen molar-refractivity contribution in [1.29, 1.82) is 0 Å². The molecule has 0 saturated heterocycles. The number of amides is 1. The molecule has 6 nitrogen and oxygen atoms in total. The summed E-state index contributed by atoms with van der Waals surface area (Å²) in [6, 6.07) is 8.53. The van der Waals surface area contributed by atoms with E-state index in [0.717, 1.165) is 5.52 Å². The predicted molar refractivity (Wildman–Crippen MR) is 105 cm³/mol. The average molecular weight is 412 g/mol. The van der Waals surface area contributed by atoms with Crippen molar-refractivity contribution in [2.45, 2.75) is 5.16 Å². The van der Waals surface area contributed by atoms with E-state index >= 15 is 0 Å². The van der Waals surface area contributed by atoms with E-state index in [1.165, 1.54) is 11.8 Å².